The van der Waals surface area contributed by atoms with Crippen molar-refractivity contribution in [2.45, 2.75) is 46.1 Å². The zero-order valence-corrected chi connectivity index (χ0v) is 10.8. The van der Waals surface area contributed by atoms with Crippen LogP contribution in [0.3, 0.4) is 0 Å². The second-order valence-electron chi connectivity index (χ2n) is 5.44. The second-order valence-corrected chi connectivity index (χ2v) is 5.44. The number of carboxylic acid groups (broad SMARTS) is 1. The lowest BCUT2D eigenvalue weighted by Crippen LogP contribution is -2.52. The first-order valence-electron chi connectivity index (χ1n) is 6.14. The summed E-state index contributed by atoms with van der Waals surface area (Å²) in [7, 11) is 0. The van der Waals surface area contributed by atoms with Crippen LogP contribution in [-0.4, -0.2) is 41.1 Å². The van der Waals surface area contributed by atoms with Crippen molar-refractivity contribution >= 4 is 12.0 Å². The van der Waals surface area contributed by atoms with Gasteiger partial charge in [-0.05, 0) is 24.7 Å². The third-order valence-corrected chi connectivity index (χ3v) is 3.19. The maximum absolute atomic E-state index is 11.9. The van der Waals surface area contributed by atoms with Gasteiger partial charge in [-0.1, -0.05) is 20.8 Å². The molecule has 1 atom stereocenters. The molecule has 1 saturated heterocycles. The number of carboxylic acids is 1. The van der Waals surface area contributed by atoms with E-state index in [0.29, 0.717) is 19.5 Å². The predicted octanol–water partition coefficient (Wildman–Crippen LogP) is 1.68. The first-order chi connectivity index (χ1) is 7.85. The number of amides is 2. The lowest BCUT2D eigenvalue weighted by molar-refractivity contribution is -0.139. The number of carbonyl (C=O) groups excluding carboxylic acids is 1. The first kappa shape index (κ1) is 13.8. The molecule has 5 nitrogen and oxygen atoms in total. The molecule has 0 aromatic rings. The topological polar surface area (TPSA) is 69.6 Å². The van der Waals surface area contributed by atoms with Crippen LogP contribution in [0.1, 0.15) is 40.0 Å². The molecule has 1 aliphatic rings. The zero-order valence-electron chi connectivity index (χ0n) is 10.8. The third-order valence-electron chi connectivity index (χ3n) is 3.19. The van der Waals surface area contributed by atoms with Crippen LogP contribution < -0.4 is 5.32 Å². The van der Waals surface area contributed by atoms with Crippen molar-refractivity contribution in [3.63, 3.8) is 0 Å². The molecule has 0 aliphatic carbocycles. The first-order valence-corrected chi connectivity index (χ1v) is 6.14. The Morgan fingerprint density at radius 2 is 2.12 bits per heavy atom. The lowest BCUT2D eigenvalue weighted by Gasteiger charge is -2.38. The molecule has 2 N–H and O–H groups in total. The highest BCUT2D eigenvalue weighted by Crippen LogP contribution is 2.28. The van der Waals surface area contributed by atoms with Crippen LogP contribution >= 0.6 is 0 Å². The summed E-state index contributed by atoms with van der Waals surface area (Å²) in [6.07, 6.45) is 2.48. The van der Waals surface area contributed by atoms with Crippen LogP contribution in [-0.2, 0) is 4.79 Å². The lowest BCUT2D eigenvalue weighted by atomic mass is 9.84. The van der Waals surface area contributed by atoms with Crippen molar-refractivity contribution in [1.82, 2.24) is 10.2 Å². The average molecular weight is 242 g/mol. The van der Waals surface area contributed by atoms with Crippen LogP contribution in [0.5, 0.6) is 0 Å². The summed E-state index contributed by atoms with van der Waals surface area (Å²) in [4.78, 5) is 24.5. The van der Waals surface area contributed by atoms with Crippen LogP contribution in [0.25, 0.3) is 0 Å². The number of nitrogens with one attached hydrogen (secondary N) is 1. The smallest absolute Gasteiger partial charge is 0.326 e. The number of nitrogens with zero attached hydrogens (tertiary/aromatic N) is 1. The Morgan fingerprint density at radius 1 is 1.47 bits per heavy atom. The quantitative estimate of drug-likeness (QED) is 0.791. The van der Waals surface area contributed by atoms with Gasteiger partial charge in [-0.2, -0.15) is 0 Å². The van der Waals surface area contributed by atoms with Gasteiger partial charge >= 0.3 is 12.0 Å². The zero-order chi connectivity index (χ0) is 13.1. The maximum atomic E-state index is 11.9. The van der Waals surface area contributed by atoms with E-state index in [0.717, 1.165) is 12.8 Å². The molecule has 5 heteroatoms. The minimum atomic E-state index is -0.975. The fourth-order valence-corrected chi connectivity index (χ4v) is 2.18. The van der Waals surface area contributed by atoms with E-state index in [1.165, 1.54) is 0 Å². The number of urea groups is 1. The van der Waals surface area contributed by atoms with Gasteiger partial charge in [0, 0.05) is 13.1 Å². The second kappa shape index (κ2) is 5.38. The van der Waals surface area contributed by atoms with E-state index >= 15 is 0 Å². The minimum Gasteiger partial charge on any atom is -0.480 e. The van der Waals surface area contributed by atoms with E-state index < -0.39 is 12.0 Å². The predicted molar refractivity (Wildman–Crippen MR) is 64.8 cm³/mol. The fourth-order valence-electron chi connectivity index (χ4n) is 2.18. The van der Waals surface area contributed by atoms with E-state index in [1.54, 1.807) is 11.8 Å². The molecule has 17 heavy (non-hydrogen) atoms. The van der Waals surface area contributed by atoms with Gasteiger partial charge in [0.2, 0.25) is 0 Å². The highest BCUT2D eigenvalue weighted by Gasteiger charge is 2.30. The van der Waals surface area contributed by atoms with Gasteiger partial charge in [-0.3, -0.25) is 0 Å². The molecule has 0 saturated carbocycles. The minimum absolute atomic E-state index is 0.126. The molecule has 0 unspecified atom stereocenters. The van der Waals surface area contributed by atoms with Crippen LogP contribution in [0.15, 0.2) is 0 Å². The van der Waals surface area contributed by atoms with E-state index in [-0.39, 0.29) is 11.4 Å². The van der Waals surface area contributed by atoms with Gasteiger partial charge in [-0.25, -0.2) is 9.59 Å². The largest absolute Gasteiger partial charge is 0.480 e. The summed E-state index contributed by atoms with van der Waals surface area (Å²) in [5.74, 6) is -0.975. The van der Waals surface area contributed by atoms with Crippen molar-refractivity contribution in [3.8, 4) is 0 Å². The maximum Gasteiger partial charge on any atom is 0.326 e. The van der Waals surface area contributed by atoms with Crippen molar-refractivity contribution in [3.05, 3.63) is 0 Å². The summed E-state index contributed by atoms with van der Waals surface area (Å²) in [6, 6.07) is -1.04. The van der Waals surface area contributed by atoms with Gasteiger partial charge in [0.1, 0.15) is 6.04 Å². The number of piperidine rings is 1. The van der Waals surface area contributed by atoms with Crippen molar-refractivity contribution < 1.29 is 14.7 Å². The molecule has 0 aromatic heterocycles. The highest BCUT2D eigenvalue weighted by atomic mass is 16.4. The molecule has 0 bridgehead atoms. The Hall–Kier alpha value is -1.26. The summed E-state index contributed by atoms with van der Waals surface area (Å²) in [6.45, 7) is 7.40. The van der Waals surface area contributed by atoms with Gasteiger partial charge in [-0.15, -0.1) is 0 Å². The molecule has 0 spiro atoms. The number of carbonyl (C=O) groups is 2. The molecule has 1 rings (SSSR count). The Bertz CT molecular complexity index is 302. The SMILES string of the molecule is CC[C@@H](NC(=O)N1CCCC(C)(C)C1)C(=O)O. The summed E-state index contributed by atoms with van der Waals surface area (Å²) < 4.78 is 0. The molecule has 0 radical (unpaired) electrons. The summed E-state index contributed by atoms with van der Waals surface area (Å²) >= 11 is 0. The van der Waals surface area contributed by atoms with E-state index in [4.69, 9.17) is 5.11 Å². The van der Waals surface area contributed by atoms with Crippen LogP contribution in [0.2, 0.25) is 0 Å². The number of likely N-dealkylation sites (tertiary alicyclic amines) is 1. The molecular weight excluding hydrogens is 220 g/mol. The number of hydrogen-bond acceptors (Lipinski definition) is 2. The van der Waals surface area contributed by atoms with E-state index in [9.17, 15) is 9.59 Å². The van der Waals surface area contributed by atoms with Gasteiger partial charge in [0.05, 0.1) is 0 Å². The van der Waals surface area contributed by atoms with Crippen molar-refractivity contribution in [2.24, 2.45) is 5.41 Å². The normalized spacial score (nSPS) is 20.8. The molecule has 98 valence electrons. The Kier molecular flexibility index (Phi) is 4.37. The van der Waals surface area contributed by atoms with Crippen LogP contribution in [0, 0.1) is 5.41 Å². The summed E-state index contributed by atoms with van der Waals surface area (Å²) in [5.41, 5.74) is 0.126. The Balaban J connectivity index is 2.55. The fraction of sp³-hybridized carbons (Fsp3) is 0.833. The van der Waals surface area contributed by atoms with E-state index in [2.05, 4.69) is 19.2 Å². The molecular formula is C12H22N2O3. The Morgan fingerprint density at radius 3 is 2.59 bits per heavy atom. The summed E-state index contributed by atoms with van der Waals surface area (Å²) in [5, 5.41) is 11.5. The highest BCUT2D eigenvalue weighted by molar-refractivity contribution is 5.82. The standard InChI is InChI=1S/C12H22N2O3/c1-4-9(10(15)16)13-11(17)14-7-5-6-12(2,3)8-14/h9H,4-8H2,1-3H3,(H,13,17)(H,15,16)/t9-/m1/s1. The van der Waals surface area contributed by atoms with Gasteiger partial charge in [0.25, 0.3) is 0 Å². The average Bonchev–Trinajstić information content (AvgIpc) is 2.23. The molecule has 0 aromatic carbocycles. The molecule has 2 amide bonds. The molecule has 1 fully saturated rings. The van der Waals surface area contributed by atoms with Crippen LogP contribution in [0.4, 0.5) is 4.79 Å². The van der Waals surface area contributed by atoms with Gasteiger partial charge < -0.3 is 15.3 Å². The van der Waals surface area contributed by atoms with Gasteiger partial charge in [0.15, 0.2) is 0 Å². The Labute approximate surface area is 102 Å². The monoisotopic (exact) mass is 242 g/mol. The molecule has 1 heterocycles. The molecule has 1 aliphatic heterocycles. The number of rotatable bonds is 3. The number of hydrogen-bond donors (Lipinski definition) is 2. The van der Waals surface area contributed by atoms with E-state index in [1.807, 2.05) is 0 Å². The number of aliphatic carboxylic acids is 1. The van der Waals surface area contributed by atoms with Crippen molar-refractivity contribution in [1.29, 1.82) is 0 Å². The van der Waals surface area contributed by atoms with Crippen molar-refractivity contribution in [2.75, 3.05) is 13.1 Å². The third kappa shape index (κ3) is 3.91.